The lowest BCUT2D eigenvalue weighted by atomic mass is 10.0. The summed E-state index contributed by atoms with van der Waals surface area (Å²) in [7, 11) is 1.93. The molecule has 0 aliphatic rings. The van der Waals surface area contributed by atoms with Crippen molar-refractivity contribution < 1.29 is 4.74 Å². The largest absolute Gasteiger partial charge is 0.439 e. The third-order valence-corrected chi connectivity index (χ3v) is 3.53. The maximum absolute atomic E-state index is 6.06. The van der Waals surface area contributed by atoms with Crippen molar-refractivity contribution in [3.8, 4) is 11.6 Å². The number of pyridine rings is 1. The first-order chi connectivity index (χ1) is 10.0. The summed E-state index contributed by atoms with van der Waals surface area (Å²) in [4.78, 5) is 4.56. The van der Waals surface area contributed by atoms with Crippen molar-refractivity contribution >= 4 is 0 Å². The minimum Gasteiger partial charge on any atom is -0.439 e. The summed E-state index contributed by atoms with van der Waals surface area (Å²) < 4.78 is 6.06. The molecule has 3 nitrogen and oxygen atoms in total. The van der Waals surface area contributed by atoms with E-state index in [-0.39, 0.29) is 0 Å². The highest BCUT2D eigenvalue weighted by molar-refractivity contribution is 5.40. The molecule has 2 rings (SSSR count). The third kappa shape index (κ3) is 3.82. The Bertz CT molecular complexity index is 621. The van der Waals surface area contributed by atoms with Gasteiger partial charge in [-0.2, -0.15) is 0 Å². The molecule has 0 bridgehead atoms. The summed E-state index contributed by atoms with van der Waals surface area (Å²) in [6.07, 6.45) is 0. The molecule has 3 heteroatoms. The van der Waals surface area contributed by atoms with E-state index in [1.165, 1.54) is 11.1 Å². The number of aryl methyl sites for hydroxylation is 2. The van der Waals surface area contributed by atoms with Crippen LogP contribution < -0.4 is 10.1 Å². The van der Waals surface area contributed by atoms with Crippen molar-refractivity contribution in [2.45, 2.75) is 40.2 Å². The number of hydrogen-bond acceptors (Lipinski definition) is 3. The standard InChI is InChI=1S/C18H24N2O/c1-12(2)15-7-6-8-16(10-15)21-18-17(11-19-5)13(3)9-14(4)20-18/h6-10,12,19H,11H2,1-5H3. The highest BCUT2D eigenvalue weighted by atomic mass is 16.5. The molecule has 1 aromatic heterocycles. The van der Waals surface area contributed by atoms with E-state index in [1.54, 1.807) is 0 Å². The fourth-order valence-electron chi connectivity index (χ4n) is 2.35. The molecular formula is C18H24N2O. The fraction of sp³-hybridized carbons (Fsp3) is 0.389. The number of benzene rings is 1. The first-order valence-electron chi connectivity index (χ1n) is 7.40. The van der Waals surface area contributed by atoms with Crippen molar-refractivity contribution in [3.05, 3.63) is 52.7 Å². The van der Waals surface area contributed by atoms with Crippen LogP contribution in [0, 0.1) is 13.8 Å². The van der Waals surface area contributed by atoms with Gasteiger partial charge in [-0.3, -0.25) is 0 Å². The highest BCUT2D eigenvalue weighted by Crippen LogP contribution is 2.28. The molecule has 0 aliphatic heterocycles. The summed E-state index contributed by atoms with van der Waals surface area (Å²) >= 11 is 0. The van der Waals surface area contributed by atoms with Crippen molar-refractivity contribution in [1.82, 2.24) is 10.3 Å². The molecule has 21 heavy (non-hydrogen) atoms. The highest BCUT2D eigenvalue weighted by Gasteiger charge is 2.11. The lowest BCUT2D eigenvalue weighted by Gasteiger charge is -2.14. The van der Waals surface area contributed by atoms with E-state index in [2.05, 4.69) is 49.3 Å². The van der Waals surface area contributed by atoms with Crippen molar-refractivity contribution in [1.29, 1.82) is 0 Å². The predicted octanol–water partition coefficient (Wildman–Crippen LogP) is 4.33. The summed E-state index contributed by atoms with van der Waals surface area (Å²) in [5.74, 6) is 2.02. The Morgan fingerprint density at radius 3 is 2.62 bits per heavy atom. The molecule has 0 spiro atoms. The van der Waals surface area contributed by atoms with Gasteiger partial charge in [-0.15, -0.1) is 0 Å². The van der Waals surface area contributed by atoms with Gasteiger partial charge in [0.2, 0.25) is 5.88 Å². The Morgan fingerprint density at radius 2 is 1.95 bits per heavy atom. The molecule has 0 amide bonds. The van der Waals surface area contributed by atoms with E-state index in [0.29, 0.717) is 11.8 Å². The van der Waals surface area contributed by atoms with Crippen LogP contribution in [-0.4, -0.2) is 12.0 Å². The van der Waals surface area contributed by atoms with Crippen LogP contribution >= 0.6 is 0 Å². The molecule has 0 saturated heterocycles. The topological polar surface area (TPSA) is 34.2 Å². The van der Waals surface area contributed by atoms with Gasteiger partial charge in [0.1, 0.15) is 5.75 Å². The van der Waals surface area contributed by atoms with Crippen LogP contribution in [0.15, 0.2) is 30.3 Å². The Kier molecular flexibility index (Phi) is 4.97. The minimum absolute atomic E-state index is 0.484. The molecule has 0 saturated carbocycles. The Hall–Kier alpha value is -1.87. The number of rotatable bonds is 5. The number of nitrogens with zero attached hydrogens (tertiary/aromatic N) is 1. The maximum atomic E-state index is 6.06. The van der Waals surface area contributed by atoms with Gasteiger partial charge in [0.15, 0.2) is 0 Å². The molecule has 0 fully saturated rings. The molecule has 0 atom stereocenters. The van der Waals surface area contributed by atoms with Crippen LogP contribution in [0.3, 0.4) is 0 Å². The molecule has 1 aromatic carbocycles. The summed E-state index contributed by atoms with van der Waals surface area (Å²) in [6, 6.07) is 10.3. The molecule has 112 valence electrons. The quantitative estimate of drug-likeness (QED) is 0.887. The summed E-state index contributed by atoms with van der Waals surface area (Å²) in [5.41, 5.74) is 4.55. The van der Waals surface area contributed by atoms with Crippen LogP contribution in [0.4, 0.5) is 0 Å². The van der Waals surface area contributed by atoms with Crippen LogP contribution in [0.25, 0.3) is 0 Å². The third-order valence-electron chi connectivity index (χ3n) is 3.53. The lowest BCUT2D eigenvalue weighted by Crippen LogP contribution is -2.09. The maximum Gasteiger partial charge on any atom is 0.224 e. The number of aromatic nitrogens is 1. The van der Waals surface area contributed by atoms with E-state index in [0.717, 1.165) is 23.6 Å². The van der Waals surface area contributed by atoms with Gasteiger partial charge in [0, 0.05) is 17.8 Å². The fourth-order valence-corrected chi connectivity index (χ4v) is 2.35. The Labute approximate surface area is 127 Å². The molecule has 1 heterocycles. The first kappa shape index (κ1) is 15.5. The van der Waals surface area contributed by atoms with Crippen LogP contribution in [-0.2, 0) is 6.54 Å². The lowest BCUT2D eigenvalue weighted by molar-refractivity contribution is 0.451. The zero-order valence-corrected chi connectivity index (χ0v) is 13.5. The van der Waals surface area contributed by atoms with Crippen LogP contribution in [0.5, 0.6) is 11.6 Å². The average molecular weight is 284 g/mol. The predicted molar refractivity (Wildman–Crippen MR) is 87.1 cm³/mol. The molecule has 0 unspecified atom stereocenters. The monoisotopic (exact) mass is 284 g/mol. The Morgan fingerprint density at radius 1 is 1.19 bits per heavy atom. The van der Waals surface area contributed by atoms with Gasteiger partial charge < -0.3 is 10.1 Å². The summed E-state index contributed by atoms with van der Waals surface area (Å²) in [6.45, 7) is 9.20. The van der Waals surface area contributed by atoms with Crippen LogP contribution in [0.1, 0.15) is 42.1 Å². The Balaban J connectivity index is 2.36. The second-order valence-corrected chi connectivity index (χ2v) is 5.72. The van der Waals surface area contributed by atoms with E-state index in [4.69, 9.17) is 4.74 Å². The SMILES string of the molecule is CNCc1c(C)cc(C)nc1Oc1cccc(C(C)C)c1. The first-order valence-corrected chi connectivity index (χ1v) is 7.40. The van der Waals surface area contributed by atoms with Gasteiger partial charge in [0.25, 0.3) is 0 Å². The van der Waals surface area contributed by atoms with Gasteiger partial charge in [0.05, 0.1) is 0 Å². The molecule has 0 radical (unpaired) electrons. The second-order valence-electron chi connectivity index (χ2n) is 5.72. The molecule has 0 aliphatic carbocycles. The second kappa shape index (κ2) is 6.72. The van der Waals surface area contributed by atoms with Crippen molar-refractivity contribution in [2.24, 2.45) is 0 Å². The van der Waals surface area contributed by atoms with Crippen LogP contribution in [0.2, 0.25) is 0 Å². The normalized spacial score (nSPS) is 11.0. The van der Waals surface area contributed by atoms with Gasteiger partial charge in [-0.05, 0) is 56.1 Å². The molecule has 2 aromatic rings. The van der Waals surface area contributed by atoms with E-state index in [1.807, 2.05) is 26.1 Å². The minimum atomic E-state index is 0.484. The zero-order valence-electron chi connectivity index (χ0n) is 13.5. The van der Waals surface area contributed by atoms with Crippen molar-refractivity contribution in [3.63, 3.8) is 0 Å². The van der Waals surface area contributed by atoms with E-state index in [9.17, 15) is 0 Å². The van der Waals surface area contributed by atoms with E-state index >= 15 is 0 Å². The number of hydrogen-bond donors (Lipinski definition) is 1. The van der Waals surface area contributed by atoms with Gasteiger partial charge >= 0.3 is 0 Å². The van der Waals surface area contributed by atoms with Gasteiger partial charge in [-0.25, -0.2) is 4.98 Å². The zero-order chi connectivity index (χ0) is 15.4. The average Bonchev–Trinajstić information content (AvgIpc) is 2.43. The van der Waals surface area contributed by atoms with E-state index < -0.39 is 0 Å². The smallest absolute Gasteiger partial charge is 0.224 e. The summed E-state index contributed by atoms with van der Waals surface area (Å²) in [5, 5.41) is 3.18. The van der Waals surface area contributed by atoms with Crippen molar-refractivity contribution in [2.75, 3.05) is 7.05 Å². The molecular weight excluding hydrogens is 260 g/mol. The molecule has 1 N–H and O–H groups in total. The number of ether oxygens (including phenoxy) is 1. The van der Waals surface area contributed by atoms with Gasteiger partial charge in [-0.1, -0.05) is 26.0 Å². The number of nitrogens with one attached hydrogen (secondary N) is 1.